The first kappa shape index (κ1) is 15.5. The van der Waals surface area contributed by atoms with Crippen molar-refractivity contribution in [2.75, 3.05) is 18.1 Å². The Morgan fingerprint density at radius 2 is 2.15 bits per heavy atom. The second-order valence-corrected chi connectivity index (χ2v) is 8.11. The van der Waals surface area contributed by atoms with Crippen LogP contribution >= 0.6 is 11.3 Å². The average Bonchev–Trinajstić information content (AvgIpc) is 3.04. The average molecular weight is 316 g/mol. The first-order valence-electron chi connectivity index (χ1n) is 6.77. The minimum absolute atomic E-state index is 0.00463. The molecule has 0 aliphatic carbocycles. The highest BCUT2D eigenvalue weighted by Gasteiger charge is 2.38. The summed E-state index contributed by atoms with van der Waals surface area (Å²) in [6.07, 6.45) is 0.502. The summed E-state index contributed by atoms with van der Waals surface area (Å²) >= 11 is 1.57. The van der Waals surface area contributed by atoms with Crippen molar-refractivity contribution in [1.82, 2.24) is 10.2 Å². The number of hydrogen-bond acceptors (Lipinski definition) is 5. The van der Waals surface area contributed by atoms with Gasteiger partial charge in [0.1, 0.15) is 6.17 Å². The molecule has 112 valence electrons. The number of thiophene rings is 1. The lowest BCUT2D eigenvalue weighted by Gasteiger charge is -2.23. The molecular formula is C13H20N2O3S2. The summed E-state index contributed by atoms with van der Waals surface area (Å²) in [5.41, 5.74) is 1.02. The lowest BCUT2D eigenvalue weighted by Crippen LogP contribution is -2.35. The summed E-state index contributed by atoms with van der Waals surface area (Å²) < 4.78 is 23.3. The Labute approximate surface area is 123 Å². The van der Waals surface area contributed by atoms with Gasteiger partial charge in [-0.05, 0) is 28.8 Å². The summed E-state index contributed by atoms with van der Waals surface area (Å²) in [5, 5.41) is 7.24. The van der Waals surface area contributed by atoms with Crippen LogP contribution in [0.5, 0.6) is 0 Å². The van der Waals surface area contributed by atoms with Crippen LogP contribution < -0.4 is 5.32 Å². The zero-order valence-corrected chi connectivity index (χ0v) is 13.3. The van der Waals surface area contributed by atoms with Gasteiger partial charge in [0.25, 0.3) is 0 Å². The van der Waals surface area contributed by atoms with E-state index in [1.54, 1.807) is 23.2 Å². The fourth-order valence-electron chi connectivity index (χ4n) is 2.30. The van der Waals surface area contributed by atoms with E-state index in [0.717, 1.165) is 5.56 Å². The van der Waals surface area contributed by atoms with E-state index < -0.39 is 9.84 Å². The van der Waals surface area contributed by atoms with E-state index in [0.29, 0.717) is 6.42 Å². The van der Waals surface area contributed by atoms with Crippen molar-refractivity contribution < 1.29 is 13.2 Å². The predicted octanol–water partition coefficient (Wildman–Crippen LogP) is 1.39. The van der Waals surface area contributed by atoms with E-state index in [1.165, 1.54) is 0 Å². The Morgan fingerprint density at radius 3 is 2.70 bits per heavy atom. The smallest absolute Gasteiger partial charge is 0.241 e. The fourth-order valence-corrected chi connectivity index (χ4v) is 3.74. The van der Waals surface area contributed by atoms with Gasteiger partial charge in [0.15, 0.2) is 9.84 Å². The van der Waals surface area contributed by atoms with Crippen LogP contribution in [0.4, 0.5) is 0 Å². The van der Waals surface area contributed by atoms with Gasteiger partial charge in [0.2, 0.25) is 5.91 Å². The summed E-state index contributed by atoms with van der Waals surface area (Å²) in [6.45, 7) is 3.83. The van der Waals surface area contributed by atoms with Crippen molar-refractivity contribution in [3.63, 3.8) is 0 Å². The molecule has 1 aliphatic rings. The summed E-state index contributed by atoms with van der Waals surface area (Å²) in [4.78, 5) is 14.0. The molecular weight excluding hydrogens is 296 g/mol. The van der Waals surface area contributed by atoms with Gasteiger partial charge in [-0.15, -0.1) is 0 Å². The molecule has 20 heavy (non-hydrogen) atoms. The van der Waals surface area contributed by atoms with Crippen molar-refractivity contribution in [1.29, 1.82) is 0 Å². The monoisotopic (exact) mass is 316 g/mol. The topological polar surface area (TPSA) is 66.5 Å². The SMILES string of the molecule is CCC1NC(c2ccsc2)N(CCS(=O)(=O)CC)C1=O. The molecule has 2 atom stereocenters. The van der Waals surface area contributed by atoms with Gasteiger partial charge < -0.3 is 4.90 Å². The van der Waals surface area contributed by atoms with Gasteiger partial charge in [-0.1, -0.05) is 13.8 Å². The molecule has 0 saturated carbocycles. The number of nitrogens with one attached hydrogen (secondary N) is 1. The number of sulfone groups is 1. The highest BCUT2D eigenvalue weighted by Crippen LogP contribution is 2.27. The maximum absolute atomic E-state index is 12.3. The van der Waals surface area contributed by atoms with Gasteiger partial charge in [-0.3, -0.25) is 10.1 Å². The highest BCUT2D eigenvalue weighted by atomic mass is 32.2. The molecule has 7 heteroatoms. The molecule has 1 saturated heterocycles. The Hall–Kier alpha value is -0.920. The molecule has 1 amide bonds. The van der Waals surface area contributed by atoms with Gasteiger partial charge >= 0.3 is 0 Å². The standard InChI is InChI=1S/C13H20N2O3S2/c1-3-11-13(16)15(6-8-20(17,18)4-2)12(14-11)10-5-7-19-9-10/h5,7,9,11-12,14H,3-4,6,8H2,1-2H3. The third-order valence-electron chi connectivity index (χ3n) is 3.60. The molecule has 2 rings (SSSR count). The van der Waals surface area contributed by atoms with Crippen LogP contribution in [0, 0.1) is 0 Å². The summed E-state index contributed by atoms with van der Waals surface area (Å²) in [6, 6.07) is 1.75. The molecule has 5 nitrogen and oxygen atoms in total. The van der Waals surface area contributed by atoms with E-state index in [2.05, 4.69) is 5.32 Å². The number of carbonyl (C=O) groups is 1. The highest BCUT2D eigenvalue weighted by molar-refractivity contribution is 7.91. The second-order valence-electron chi connectivity index (χ2n) is 4.85. The number of hydrogen-bond donors (Lipinski definition) is 1. The Bertz CT molecular complexity index is 554. The van der Waals surface area contributed by atoms with E-state index in [4.69, 9.17) is 0 Å². The van der Waals surface area contributed by atoms with E-state index in [9.17, 15) is 13.2 Å². The minimum Gasteiger partial charge on any atom is -0.321 e. The normalized spacial score (nSPS) is 23.5. The molecule has 0 radical (unpaired) electrons. The van der Waals surface area contributed by atoms with Gasteiger partial charge in [0, 0.05) is 12.3 Å². The van der Waals surface area contributed by atoms with E-state index >= 15 is 0 Å². The maximum Gasteiger partial charge on any atom is 0.241 e. The lowest BCUT2D eigenvalue weighted by atomic mass is 10.2. The van der Waals surface area contributed by atoms with Crippen LogP contribution in [-0.4, -0.2) is 43.3 Å². The first-order chi connectivity index (χ1) is 9.48. The Kier molecular flexibility index (Phi) is 4.82. The lowest BCUT2D eigenvalue weighted by molar-refractivity contribution is -0.129. The summed E-state index contributed by atoms with van der Waals surface area (Å²) in [5.74, 6) is 0.131. The third-order valence-corrected chi connectivity index (χ3v) is 5.99. The molecule has 2 unspecified atom stereocenters. The van der Waals surface area contributed by atoms with Crippen molar-refractivity contribution in [3.8, 4) is 0 Å². The second kappa shape index (κ2) is 6.24. The van der Waals surface area contributed by atoms with Gasteiger partial charge in [-0.2, -0.15) is 11.3 Å². The molecule has 1 aromatic rings. The van der Waals surface area contributed by atoms with Crippen LogP contribution in [0.2, 0.25) is 0 Å². The number of carbonyl (C=O) groups excluding carboxylic acids is 1. The number of amides is 1. The van der Waals surface area contributed by atoms with Crippen LogP contribution in [0.3, 0.4) is 0 Å². The fraction of sp³-hybridized carbons (Fsp3) is 0.615. The Balaban J connectivity index is 2.16. The Morgan fingerprint density at radius 1 is 1.40 bits per heavy atom. The van der Waals surface area contributed by atoms with Gasteiger partial charge in [0.05, 0.1) is 11.8 Å². The number of rotatable bonds is 6. The molecule has 2 heterocycles. The molecule has 0 aromatic carbocycles. The predicted molar refractivity (Wildman–Crippen MR) is 80.3 cm³/mol. The van der Waals surface area contributed by atoms with Crippen molar-refractivity contribution in [3.05, 3.63) is 22.4 Å². The van der Waals surface area contributed by atoms with Crippen LogP contribution in [-0.2, 0) is 14.6 Å². The third kappa shape index (κ3) is 3.21. The molecule has 0 spiro atoms. The maximum atomic E-state index is 12.3. The molecule has 1 aliphatic heterocycles. The van der Waals surface area contributed by atoms with Crippen LogP contribution in [0.15, 0.2) is 16.8 Å². The number of nitrogens with zero attached hydrogens (tertiary/aromatic N) is 1. The van der Waals surface area contributed by atoms with Crippen molar-refractivity contribution in [2.24, 2.45) is 0 Å². The van der Waals surface area contributed by atoms with Gasteiger partial charge in [-0.25, -0.2) is 8.42 Å². The largest absolute Gasteiger partial charge is 0.321 e. The minimum atomic E-state index is -3.07. The quantitative estimate of drug-likeness (QED) is 0.861. The van der Waals surface area contributed by atoms with Crippen molar-refractivity contribution >= 4 is 27.1 Å². The van der Waals surface area contributed by atoms with Crippen LogP contribution in [0.25, 0.3) is 0 Å². The van der Waals surface area contributed by atoms with E-state index in [-0.39, 0.29) is 36.2 Å². The van der Waals surface area contributed by atoms with Crippen LogP contribution in [0.1, 0.15) is 32.0 Å². The van der Waals surface area contributed by atoms with E-state index in [1.807, 2.05) is 23.8 Å². The molecule has 1 fully saturated rings. The first-order valence-corrected chi connectivity index (χ1v) is 9.54. The summed E-state index contributed by atoms with van der Waals surface area (Å²) in [7, 11) is -3.07. The molecule has 1 N–H and O–H groups in total. The molecule has 0 bridgehead atoms. The van der Waals surface area contributed by atoms with Crippen molar-refractivity contribution in [2.45, 2.75) is 32.5 Å². The zero-order valence-electron chi connectivity index (χ0n) is 11.7. The zero-order chi connectivity index (χ0) is 14.8. The molecule has 1 aromatic heterocycles.